The van der Waals surface area contributed by atoms with E-state index in [-0.39, 0.29) is 19.1 Å². The molecule has 0 aliphatic carbocycles. The summed E-state index contributed by atoms with van der Waals surface area (Å²) in [5, 5.41) is 2.69. The molecule has 0 aliphatic heterocycles. The maximum atomic E-state index is 11.8. The molecule has 0 fully saturated rings. The molecule has 1 amide bonds. The number of ether oxygens (including phenoxy) is 2. The van der Waals surface area contributed by atoms with E-state index in [1.54, 1.807) is 24.3 Å². The fourth-order valence-corrected chi connectivity index (χ4v) is 2.33. The lowest BCUT2D eigenvalue weighted by molar-refractivity contribution is -0.149. The first kappa shape index (κ1) is 18.0. The van der Waals surface area contributed by atoms with E-state index in [4.69, 9.17) is 9.47 Å². The number of amides is 1. The van der Waals surface area contributed by atoms with Gasteiger partial charge >= 0.3 is 5.97 Å². The smallest absolute Gasteiger partial charge is 0.344 e. The Morgan fingerprint density at radius 3 is 2.62 bits per heavy atom. The van der Waals surface area contributed by atoms with Crippen LogP contribution in [0.25, 0.3) is 0 Å². The molecule has 0 unspecified atom stereocenters. The van der Waals surface area contributed by atoms with E-state index in [1.165, 1.54) is 0 Å². The van der Waals surface area contributed by atoms with Crippen molar-refractivity contribution in [2.75, 3.05) is 18.5 Å². The molecule has 0 saturated carbocycles. The highest BCUT2D eigenvalue weighted by atomic mass is 79.9. The molecule has 0 radical (unpaired) electrons. The Kier molecular flexibility index (Phi) is 6.81. The van der Waals surface area contributed by atoms with E-state index in [0.717, 1.165) is 16.5 Å². The van der Waals surface area contributed by atoms with E-state index in [1.807, 2.05) is 31.2 Å². The van der Waals surface area contributed by atoms with E-state index < -0.39 is 5.97 Å². The summed E-state index contributed by atoms with van der Waals surface area (Å²) in [5.74, 6) is -0.450. The van der Waals surface area contributed by atoms with Crippen molar-refractivity contribution < 1.29 is 19.1 Å². The molecule has 126 valence electrons. The Labute approximate surface area is 149 Å². The third-order valence-corrected chi connectivity index (χ3v) is 3.63. The fourth-order valence-electron chi connectivity index (χ4n) is 1.95. The van der Waals surface area contributed by atoms with Crippen molar-refractivity contribution in [1.29, 1.82) is 0 Å². The van der Waals surface area contributed by atoms with E-state index in [2.05, 4.69) is 21.2 Å². The van der Waals surface area contributed by atoms with Crippen LogP contribution in [0.15, 0.2) is 53.0 Å². The summed E-state index contributed by atoms with van der Waals surface area (Å²) >= 11 is 3.31. The van der Waals surface area contributed by atoms with Crippen molar-refractivity contribution in [3.05, 3.63) is 58.6 Å². The zero-order valence-electron chi connectivity index (χ0n) is 13.3. The lowest BCUT2D eigenvalue weighted by Gasteiger charge is -2.09. The summed E-state index contributed by atoms with van der Waals surface area (Å²) in [5.41, 5.74) is 1.80. The van der Waals surface area contributed by atoms with Crippen LogP contribution < -0.4 is 10.1 Å². The molecule has 0 aromatic heterocycles. The Bertz CT molecular complexity index is 718. The number of esters is 1. The van der Waals surface area contributed by atoms with Gasteiger partial charge in [0.05, 0.1) is 0 Å². The predicted octanol–water partition coefficient (Wildman–Crippen LogP) is 3.57. The molecule has 2 aromatic rings. The Balaban J connectivity index is 1.73. The van der Waals surface area contributed by atoms with Gasteiger partial charge in [-0.25, -0.2) is 4.79 Å². The van der Waals surface area contributed by atoms with Gasteiger partial charge in [-0.1, -0.05) is 41.1 Å². The number of carbonyl (C=O) groups is 2. The molecular weight excluding hydrogens is 374 g/mol. The Morgan fingerprint density at radius 2 is 1.88 bits per heavy atom. The molecule has 0 aliphatic rings. The first-order chi connectivity index (χ1) is 11.6. The molecule has 6 heteroatoms. The van der Waals surface area contributed by atoms with Gasteiger partial charge in [0.1, 0.15) is 5.75 Å². The van der Waals surface area contributed by atoms with Crippen LogP contribution in [0.2, 0.25) is 0 Å². The van der Waals surface area contributed by atoms with Crippen LogP contribution in [0.5, 0.6) is 5.75 Å². The number of hydrogen-bond donors (Lipinski definition) is 1. The number of anilines is 1. The second-order valence-electron chi connectivity index (χ2n) is 5.01. The van der Waals surface area contributed by atoms with Crippen molar-refractivity contribution in [2.24, 2.45) is 0 Å². The number of halogens is 1. The van der Waals surface area contributed by atoms with Gasteiger partial charge in [-0.3, -0.25) is 4.79 Å². The minimum Gasteiger partial charge on any atom is -0.482 e. The van der Waals surface area contributed by atoms with Crippen molar-refractivity contribution in [3.8, 4) is 5.75 Å². The number of nitrogens with one attached hydrogen (secondary N) is 1. The van der Waals surface area contributed by atoms with Gasteiger partial charge in [0.15, 0.2) is 13.2 Å². The quantitative estimate of drug-likeness (QED) is 0.732. The zero-order valence-corrected chi connectivity index (χ0v) is 14.8. The normalized spacial score (nSPS) is 10.1. The lowest BCUT2D eigenvalue weighted by atomic mass is 10.1. The number of carbonyl (C=O) groups excluding carboxylic acids is 2. The molecular formula is C18H18BrNO4. The highest BCUT2D eigenvalue weighted by Gasteiger charge is 2.09. The highest BCUT2D eigenvalue weighted by molar-refractivity contribution is 9.10. The first-order valence-electron chi connectivity index (χ1n) is 7.49. The van der Waals surface area contributed by atoms with Crippen molar-refractivity contribution in [3.63, 3.8) is 0 Å². The van der Waals surface area contributed by atoms with Crippen molar-refractivity contribution in [2.45, 2.75) is 13.3 Å². The fraction of sp³-hybridized carbons (Fsp3) is 0.222. The highest BCUT2D eigenvalue weighted by Crippen LogP contribution is 2.17. The molecule has 24 heavy (non-hydrogen) atoms. The van der Waals surface area contributed by atoms with Gasteiger partial charge in [0.2, 0.25) is 0 Å². The maximum Gasteiger partial charge on any atom is 0.344 e. The average Bonchev–Trinajstić information content (AvgIpc) is 2.58. The maximum absolute atomic E-state index is 11.8. The van der Waals surface area contributed by atoms with E-state index in [9.17, 15) is 9.59 Å². The number of aryl methyl sites for hydroxylation is 1. The second kappa shape index (κ2) is 9.08. The minimum atomic E-state index is -0.604. The molecule has 2 aromatic carbocycles. The van der Waals surface area contributed by atoms with Crippen LogP contribution in [-0.2, 0) is 20.7 Å². The summed E-state index contributed by atoms with van der Waals surface area (Å²) in [6.45, 7) is 1.43. The minimum absolute atomic E-state index is 0.255. The molecule has 0 heterocycles. The summed E-state index contributed by atoms with van der Waals surface area (Å²) in [4.78, 5) is 23.4. The van der Waals surface area contributed by atoms with Crippen LogP contribution in [0.4, 0.5) is 5.69 Å². The van der Waals surface area contributed by atoms with Gasteiger partial charge in [0.25, 0.3) is 5.91 Å². The topological polar surface area (TPSA) is 64.6 Å². The van der Waals surface area contributed by atoms with Gasteiger partial charge in [-0.05, 0) is 42.3 Å². The molecule has 0 saturated heterocycles. The molecule has 5 nitrogen and oxygen atoms in total. The SMILES string of the molecule is CCc1cccc(NC(=O)COC(=O)COc2cccc(Br)c2)c1. The second-order valence-corrected chi connectivity index (χ2v) is 5.92. The molecule has 0 atom stereocenters. The van der Waals surface area contributed by atoms with Gasteiger partial charge < -0.3 is 14.8 Å². The van der Waals surface area contributed by atoms with Crippen LogP contribution >= 0.6 is 15.9 Å². The third-order valence-electron chi connectivity index (χ3n) is 3.14. The lowest BCUT2D eigenvalue weighted by Crippen LogP contribution is -2.23. The predicted molar refractivity (Wildman–Crippen MR) is 95.0 cm³/mol. The molecule has 1 N–H and O–H groups in total. The van der Waals surface area contributed by atoms with Gasteiger partial charge in [-0.15, -0.1) is 0 Å². The van der Waals surface area contributed by atoms with Crippen LogP contribution in [0.1, 0.15) is 12.5 Å². The van der Waals surface area contributed by atoms with Gasteiger partial charge in [0, 0.05) is 10.2 Å². The third kappa shape index (κ3) is 6.04. The monoisotopic (exact) mass is 391 g/mol. The standard InChI is InChI=1S/C18H18BrNO4/c1-2-13-5-3-7-15(9-13)20-17(21)11-24-18(22)12-23-16-8-4-6-14(19)10-16/h3-10H,2,11-12H2,1H3,(H,20,21). The number of rotatable bonds is 7. The van der Waals surface area contributed by atoms with E-state index >= 15 is 0 Å². The Morgan fingerprint density at radius 1 is 1.08 bits per heavy atom. The largest absolute Gasteiger partial charge is 0.482 e. The van der Waals surface area contributed by atoms with Crippen molar-refractivity contribution in [1.82, 2.24) is 0 Å². The van der Waals surface area contributed by atoms with Gasteiger partial charge in [-0.2, -0.15) is 0 Å². The van der Waals surface area contributed by atoms with Crippen LogP contribution in [0.3, 0.4) is 0 Å². The molecule has 0 spiro atoms. The van der Waals surface area contributed by atoms with Crippen LogP contribution in [-0.4, -0.2) is 25.1 Å². The summed E-state index contributed by atoms with van der Waals surface area (Å²) < 4.78 is 11.0. The average molecular weight is 392 g/mol. The number of benzene rings is 2. The molecule has 2 rings (SSSR count). The zero-order chi connectivity index (χ0) is 17.4. The summed E-state index contributed by atoms with van der Waals surface area (Å²) in [7, 11) is 0. The first-order valence-corrected chi connectivity index (χ1v) is 8.29. The Hall–Kier alpha value is -2.34. The van der Waals surface area contributed by atoms with E-state index in [0.29, 0.717) is 11.4 Å². The summed E-state index contributed by atoms with van der Waals surface area (Å²) in [6, 6.07) is 14.6. The number of hydrogen-bond acceptors (Lipinski definition) is 4. The summed E-state index contributed by atoms with van der Waals surface area (Å²) in [6.07, 6.45) is 0.881. The van der Waals surface area contributed by atoms with Crippen LogP contribution in [0, 0.1) is 0 Å². The van der Waals surface area contributed by atoms with Crippen molar-refractivity contribution >= 4 is 33.5 Å². The molecule has 0 bridgehead atoms.